The van der Waals surface area contributed by atoms with E-state index in [4.69, 9.17) is 9.15 Å². The Kier molecular flexibility index (Phi) is 6.40. The fourth-order valence-corrected chi connectivity index (χ4v) is 4.19. The molecule has 2 aromatic carbocycles. The number of carbonyl (C=O) groups excluding carboxylic acids is 2. The topological polar surface area (TPSA) is 100 Å². The summed E-state index contributed by atoms with van der Waals surface area (Å²) in [7, 11) is 0. The molecule has 1 unspecified atom stereocenters. The number of fused-ring (bicyclic) bond motifs is 1. The standard InChI is InChI=1S/C26H27NO6/c1-3-5-8-13-27-23(17-11-12-18(28)20(15-17)32-4-2)22(25(30)26(27)31)24(29)21-14-16-9-6-7-10-19(16)33-21/h6-7,9-12,14-15,23,28,30H,3-5,8,13H2,1-2H3. The number of nitrogens with zero attached hydrogens (tertiary/aromatic N) is 1. The summed E-state index contributed by atoms with van der Waals surface area (Å²) in [4.78, 5) is 28.1. The van der Waals surface area contributed by atoms with Crippen LogP contribution in [0.5, 0.6) is 11.5 Å². The van der Waals surface area contributed by atoms with Crippen molar-refractivity contribution >= 4 is 22.7 Å². The number of para-hydroxylation sites is 1. The van der Waals surface area contributed by atoms with Crippen LogP contribution in [0.2, 0.25) is 0 Å². The number of aliphatic hydroxyl groups excluding tert-OH is 1. The summed E-state index contributed by atoms with van der Waals surface area (Å²) in [6.45, 7) is 4.57. The number of hydrogen-bond donors (Lipinski definition) is 2. The summed E-state index contributed by atoms with van der Waals surface area (Å²) >= 11 is 0. The van der Waals surface area contributed by atoms with Gasteiger partial charge in [-0.15, -0.1) is 0 Å². The number of phenols is 1. The van der Waals surface area contributed by atoms with Crippen molar-refractivity contribution in [3.8, 4) is 11.5 Å². The van der Waals surface area contributed by atoms with Crippen LogP contribution in [-0.4, -0.2) is 40.0 Å². The second-order valence-corrected chi connectivity index (χ2v) is 8.01. The summed E-state index contributed by atoms with van der Waals surface area (Å²) in [5, 5.41) is 21.7. The molecule has 2 heterocycles. The molecule has 0 saturated heterocycles. The summed E-state index contributed by atoms with van der Waals surface area (Å²) in [5.41, 5.74) is 1.07. The van der Waals surface area contributed by atoms with Gasteiger partial charge in [0.1, 0.15) is 5.58 Å². The third-order valence-corrected chi connectivity index (χ3v) is 5.80. The molecule has 1 aromatic heterocycles. The molecular weight excluding hydrogens is 422 g/mol. The van der Waals surface area contributed by atoms with Crippen LogP contribution >= 0.6 is 0 Å². The van der Waals surface area contributed by atoms with Crippen molar-refractivity contribution in [3.05, 3.63) is 71.2 Å². The molecule has 1 atom stereocenters. The minimum absolute atomic E-state index is 0.0382. The van der Waals surface area contributed by atoms with E-state index in [0.29, 0.717) is 24.3 Å². The van der Waals surface area contributed by atoms with E-state index in [9.17, 15) is 19.8 Å². The Morgan fingerprint density at radius 2 is 1.88 bits per heavy atom. The number of carbonyl (C=O) groups is 2. The fraction of sp³-hybridized carbons (Fsp3) is 0.308. The van der Waals surface area contributed by atoms with Gasteiger partial charge in [0.25, 0.3) is 5.91 Å². The Balaban J connectivity index is 1.79. The summed E-state index contributed by atoms with van der Waals surface area (Å²) in [6, 6.07) is 12.7. The highest BCUT2D eigenvalue weighted by Crippen LogP contribution is 2.42. The third kappa shape index (κ3) is 4.18. The van der Waals surface area contributed by atoms with Gasteiger partial charge >= 0.3 is 0 Å². The Labute approximate surface area is 191 Å². The normalized spacial score (nSPS) is 16.1. The second-order valence-electron chi connectivity index (χ2n) is 8.01. The van der Waals surface area contributed by atoms with Crippen LogP contribution in [0.4, 0.5) is 0 Å². The van der Waals surface area contributed by atoms with Crippen LogP contribution in [0.25, 0.3) is 11.0 Å². The molecule has 1 aliphatic heterocycles. The average Bonchev–Trinajstić information content (AvgIpc) is 3.35. The Morgan fingerprint density at radius 3 is 2.61 bits per heavy atom. The van der Waals surface area contributed by atoms with Crippen molar-refractivity contribution in [2.24, 2.45) is 0 Å². The van der Waals surface area contributed by atoms with Gasteiger partial charge in [0.05, 0.1) is 18.2 Å². The molecule has 0 fully saturated rings. The molecule has 0 aliphatic carbocycles. The molecule has 0 spiro atoms. The molecule has 0 radical (unpaired) electrons. The van der Waals surface area contributed by atoms with Gasteiger partial charge in [0, 0.05) is 11.9 Å². The first-order chi connectivity index (χ1) is 16.0. The lowest BCUT2D eigenvalue weighted by Gasteiger charge is -2.27. The lowest BCUT2D eigenvalue weighted by Crippen LogP contribution is -2.32. The molecule has 7 heteroatoms. The smallest absolute Gasteiger partial charge is 0.290 e. The van der Waals surface area contributed by atoms with E-state index < -0.39 is 23.5 Å². The van der Waals surface area contributed by atoms with Crippen molar-refractivity contribution in [2.75, 3.05) is 13.2 Å². The van der Waals surface area contributed by atoms with E-state index in [1.54, 1.807) is 37.3 Å². The number of phenolic OH excluding ortho intramolecular Hbond substituents is 1. The van der Waals surface area contributed by atoms with Crippen LogP contribution in [0.1, 0.15) is 55.3 Å². The highest BCUT2D eigenvalue weighted by atomic mass is 16.5. The van der Waals surface area contributed by atoms with E-state index in [-0.39, 0.29) is 22.8 Å². The molecule has 0 saturated carbocycles. The Bertz CT molecular complexity index is 1190. The van der Waals surface area contributed by atoms with E-state index >= 15 is 0 Å². The molecule has 33 heavy (non-hydrogen) atoms. The summed E-state index contributed by atoms with van der Waals surface area (Å²) in [6.07, 6.45) is 2.60. The van der Waals surface area contributed by atoms with Crippen LogP contribution < -0.4 is 4.74 Å². The van der Waals surface area contributed by atoms with Crippen molar-refractivity contribution in [3.63, 3.8) is 0 Å². The predicted octanol–water partition coefficient (Wildman–Crippen LogP) is 5.31. The van der Waals surface area contributed by atoms with Gasteiger partial charge in [-0.2, -0.15) is 0 Å². The first kappa shape index (κ1) is 22.5. The van der Waals surface area contributed by atoms with Crippen LogP contribution in [0.15, 0.2) is 64.3 Å². The lowest BCUT2D eigenvalue weighted by molar-refractivity contribution is -0.129. The molecule has 0 bridgehead atoms. The lowest BCUT2D eigenvalue weighted by atomic mass is 9.94. The number of rotatable bonds is 9. The summed E-state index contributed by atoms with van der Waals surface area (Å²) in [5.74, 6) is -1.46. The zero-order valence-electron chi connectivity index (χ0n) is 18.7. The predicted molar refractivity (Wildman–Crippen MR) is 123 cm³/mol. The first-order valence-corrected chi connectivity index (χ1v) is 11.2. The molecule has 7 nitrogen and oxygen atoms in total. The Hall–Kier alpha value is -3.74. The number of amides is 1. The maximum Gasteiger partial charge on any atom is 0.290 e. The second kappa shape index (κ2) is 9.40. The van der Waals surface area contributed by atoms with Gasteiger partial charge in [-0.1, -0.05) is 44.0 Å². The molecular formula is C26H27NO6. The van der Waals surface area contributed by atoms with Gasteiger partial charge in [0.2, 0.25) is 5.78 Å². The van der Waals surface area contributed by atoms with E-state index in [1.807, 2.05) is 12.1 Å². The van der Waals surface area contributed by atoms with Gasteiger partial charge in [-0.3, -0.25) is 9.59 Å². The molecule has 3 aromatic rings. The first-order valence-electron chi connectivity index (χ1n) is 11.2. The number of aliphatic hydroxyl groups is 1. The number of ether oxygens (including phenoxy) is 1. The number of benzene rings is 2. The van der Waals surface area contributed by atoms with Gasteiger partial charge in [-0.25, -0.2) is 0 Å². The van der Waals surface area contributed by atoms with E-state index in [1.165, 1.54) is 11.0 Å². The number of furan rings is 1. The highest BCUT2D eigenvalue weighted by Gasteiger charge is 2.44. The molecule has 4 rings (SSSR count). The summed E-state index contributed by atoms with van der Waals surface area (Å²) < 4.78 is 11.2. The monoisotopic (exact) mass is 449 g/mol. The molecule has 2 N–H and O–H groups in total. The molecule has 1 aliphatic rings. The minimum atomic E-state index is -0.824. The van der Waals surface area contributed by atoms with Crippen molar-refractivity contribution < 1.29 is 29.0 Å². The van der Waals surface area contributed by atoms with Crippen molar-refractivity contribution in [1.29, 1.82) is 0 Å². The van der Waals surface area contributed by atoms with E-state index in [0.717, 1.165) is 24.6 Å². The van der Waals surface area contributed by atoms with Crippen LogP contribution in [0, 0.1) is 0 Å². The van der Waals surface area contributed by atoms with Crippen LogP contribution in [0.3, 0.4) is 0 Å². The maximum atomic E-state index is 13.5. The molecule has 1 amide bonds. The zero-order valence-corrected chi connectivity index (χ0v) is 18.7. The van der Waals surface area contributed by atoms with Gasteiger partial charge in [-0.05, 0) is 43.2 Å². The van der Waals surface area contributed by atoms with Crippen LogP contribution in [-0.2, 0) is 4.79 Å². The number of aromatic hydroxyl groups is 1. The highest BCUT2D eigenvalue weighted by molar-refractivity contribution is 6.16. The Morgan fingerprint density at radius 1 is 1.09 bits per heavy atom. The number of unbranched alkanes of at least 4 members (excludes halogenated alkanes) is 2. The number of ketones is 1. The maximum absolute atomic E-state index is 13.5. The largest absolute Gasteiger partial charge is 0.504 e. The fourth-order valence-electron chi connectivity index (χ4n) is 4.19. The third-order valence-electron chi connectivity index (χ3n) is 5.80. The zero-order chi connectivity index (χ0) is 23.5. The number of hydrogen-bond acceptors (Lipinski definition) is 6. The van der Waals surface area contributed by atoms with Crippen molar-refractivity contribution in [1.82, 2.24) is 4.90 Å². The van der Waals surface area contributed by atoms with Crippen molar-refractivity contribution in [2.45, 2.75) is 39.2 Å². The molecule has 172 valence electrons. The minimum Gasteiger partial charge on any atom is -0.504 e. The number of Topliss-reactive ketones (excluding diaryl/α,β-unsaturated/α-hetero) is 1. The quantitative estimate of drug-likeness (QED) is 0.339. The average molecular weight is 450 g/mol. The van der Waals surface area contributed by atoms with E-state index in [2.05, 4.69) is 6.92 Å². The SMILES string of the molecule is CCCCCN1C(=O)C(O)=C(C(=O)c2cc3ccccc3o2)C1c1ccc(O)c(OCC)c1. The van der Waals surface area contributed by atoms with Gasteiger partial charge in [0.15, 0.2) is 23.0 Å². The van der Waals surface area contributed by atoms with Gasteiger partial charge < -0.3 is 24.3 Å².